The summed E-state index contributed by atoms with van der Waals surface area (Å²) in [6, 6.07) is 0. The standard InChI is InChI=1S/C34H54O13/c1-21(35)39-19-22-26-27(45-33(44-26)15-9-5-10-16-33)24(36)30(41-22)42-25(23-20-40-32(43-23)13-7-4-8-14-32)28-29(31(37-2)38-3)47-34(46-28)17-11-6-12-18-34/h22-31,36H,4-20H2,1-3H3/t22-,23-,24-,25-,26+,27-,28+,29-,30+/m1/s1. The van der Waals surface area contributed by atoms with Gasteiger partial charge in [0.1, 0.15) is 55.4 Å². The fourth-order valence-corrected chi connectivity index (χ4v) is 8.90. The third-order valence-corrected chi connectivity index (χ3v) is 11.2. The molecule has 268 valence electrons. The minimum absolute atomic E-state index is 0.0659. The van der Waals surface area contributed by atoms with Crippen molar-refractivity contribution in [2.75, 3.05) is 27.4 Å². The number of hydrogen-bond donors (Lipinski definition) is 1. The number of aliphatic hydroxyl groups is 1. The summed E-state index contributed by atoms with van der Waals surface area (Å²) in [4.78, 5) is 11.9. The van der Waals surface area contributed by atoms with Crippen LogP contribution >= 0.6 is 0 Å². The van der Waals surface area contributed by atoms with E-state index in [4.69, 9.17) is 52.1 Å². The van der Waals surface area contributed by atoms with E-state index in [1.54, 1.807) is 14.2 Å². The summed E-state index contributed by atoms with van der Waals surface area (Å²) < 4.78 is 70.1. The second-order valence-electron chi connectivity index (χ2n) is 14.5. The first kappa shape index (κ1) is 34.5. The number of carbonyl (C=O) groups is 1. The molecule has 1 N–H and O–H groups in total. The molecule has 4 saturated heterocycles. The first-order valence-corrected chi connectivity index (χ1v) is 18.0. The Kier molecular flexibility index (Phi) is 10.5. The maximum atomic E-state index is 11.9. The molecular formula is C34H54O13. The van der Waals surface area contributed by atoms with Gasteiger partial charge in [-0.2, -0.15) is 0 Å². The Labute approximate surface area is 277 Å². The highest BCUT2D eigenvalue weighted by atomic mass is 16.8. The molecule has 3 saturated carbocycles. The Balaban J connectivity index is 1.19. The summed E-state index contributed by atoms with van der Waals surface area (Å²) in [5.74, 6) is -2.73. The quantitative estimate of drug-likeness (QED) is 0.283. The van der Waals surface area contributed by atoms with Crippen LogP contribution in [0.25, 0.3) is 0 Å². The molecule has 0 aromatic carbocycles. The van der Waals surface area contributed by atoms with Crippen LogP contribution in [0.4, 0.5) is 0 Å². The summed E-state index contributed by atoms with van der Waals surface area (Å²) in [7, 11) is 3.16. The molecule has 7 fully saturated rings. The van der Waals surface area contributed by atoms with Gasteiger partial charge in [-0.05, 0) is 38.5 Å². The van der Waals surface area contributed by atoms with Gasteiger partial charge in [0.05, 0.1) is 6.61 Å². The molecule has 0 unspecified atom stereocenters. The van der Waals surface area contributed by atoms with Crippen LogP contribution in [-0.2, 0) is 56.9 Å². The maximum absolute atomic E-state index is 11.9. The van der Waals surface area contributed by atoms with E-state index in [0.29, 0.717) is 0 Å². The van der Waals surface area contributed by atoms with Crippen LogP contribution in [0.15, 0.2) is 0 Å². The number of ether oxygens (including phenoxy) is 11. The van der Waals surface area contributed by atoms with Crippen molar-refractivity contribution in [3.63, 3.8) is 0 Å². The monoisotopic (exact) mass is 670 g/mol. The van der Waals surface area contributed by atoms with Crippen molar-refractivity contribution in [2.45, 2.75) is 182 Å². The van der Waals surface area contributed by atoms with Gasteiger partial charge in [-0.25, -0.2) is 0 Å². The molecule has 4 aliphatic heterocycles. The summed E-state index contributed by atoms with van der Waals surface area (Å²) in [6.45, 7) is 1.57. The van der Waals surface area contributed by atoms with Gasteiger partial charge in [-0.3, -0.25) is 4.79 Å². The van der Waals surface area contributed by atoms with Crippen LogP contribution in [-0.4, -0.2) is 117 Å². The number of esters is 1. The minimum atomic E-state index is -1.20. The van der Waals surface area contributed by atoms with E-state index in [-0.39, 0.29) is 13.2 Å². The van der Waals surface area contributed by atoms with Crippen molar-refractivity contribution in [3.05, 3.63) is 0 Å². The lowest BCUT2D eigenvalue weighted by molar-refractivity contribution is -0.318. The lowest BCUT2D eigenvalue weighted by atomic mass is 9.94. The lowest BCUT2D eigenvalue weighted by Crippen LogP contribution is -2.61. The van der Waals surface area contributed by atoms with Gasteiger partial charge in [0.15, 0.2) is 29.9 Å². The van der Waals surface area contributed by atoms with Crippen molar-refractivity contribution in [2.24, 2.45) is 0 Å². The van der Waals surface area contributed by atoms with Gasteiger partial charge < -0.3 is 57.2 Å². The molecule has 0 amide bonds. The highest BCUT2D eigenvalue weighted by Crippen LogP contribution is 2.48. The molecule has 13 heteroatoms. The molecular weight excluding hydrogens is 616 g/mol. The highest BCUT2D eigenvalue weighted by Gasteiger charge is 2.62. The molecule has 47 heavy (non-hydrogen) atoms. The Morgan fingerprint density at radius 1 is 0.745 bits per heavy atom. The van der Waals surface area contributed by atoms with Gasteiger partial charge in [0.25, 0.3) is 0 Å². The van der Waals surface area contributed by atoms with Crippen molar-refractivity contribution < 1.29 is 62.0 Å². The molecule has 7 aliphatic rings. The molecule has 3 spiro atoms. The molecule has 0 aromatic rings. The van der Waals surface area contributed by atoms with Crippen molar-refractivity contribution in [3.8, 4) is 0 Å². The Hall–Kier alpha value is -0.970. The zero-order chi connectivity index (χ0) is 32.6. The van der Waals surface area contributed by atoms with E-state index in [0.717, 1.165) is 96.3 Å². The van der Waals surface area contributed by atoms with Gasteiger partial charge in [0.2, 0.25) is 0 Å². The fraction of sp³-hybridized carbons (Fsp3) is 0.971. The van der Waals surface area contributed by atoms with Gasteiger partial charge in [-0.1, -0.05) is 19.3 Å². The second-order valence-corrected chi connectivity index (χ2v) is 14.5. The topological polar surface area (TPSA) is 139 Å². The molecule has 3 aliphatic carbocycles. The van der Waals surface area contributed by atoms with Gasteiger partial charge in [0, 0.05) is 59.7 Å². The van der Waals surface area contributed by atoms with Crippen molar-refractivity contribution in [1.82, 2.24) is 0 Å². The van der Waals surface area contributed by atoms with E-state index >= 15 is 0 Å². The molecule has 7 rings (SSSR count). The third kappa shape index (κ3) is 7.01. The van der Waals surface area contributed by atoms with Crippen molar-refractivity contribution >= 4 is 5.97 Å². The number of hydrogen-bond acceptors (Lipinski definition) is 13. The molecule has 0 bridgehead atoms. The first-order valence-electron chi connectivity index (χ1n) is 18.0. The molecule has 0 aromatic heterocycles. The molecule has 9 atom stereocenters. The van der Waals surface area contributed by atoms with Gasteiger partial charge in [-0.15, -0.1) is 0 Å². The molecule has 4 heterocycles. The zero-order valence-electron chi connectivity index (χ0n) is 28.1. The van der Waals surface area contributed by atoms with Crippen LogP contribution < -0.4 is 0 Å². The summed E-state index contributed by atoms with van der Waals surface area (Å²) in [5, 5.41) is 11.9. The second kappa shape index (κ2) is 14.3. The van der Waals surface area contributed by atoms with E-state index in [9.17, 15) is 9.90 Å². The molecule has 0 radical (unpaired) electrons. The number of carbonyl (C=O) groups excluding carboxylic acids is 1. The van der Waals surface area contributed by atoms with Gasteiger partial charge >= 0.3 is 5.97 Å². The van der Waals surface area contributed by atoms with E-state index in [1.165, 1.54) is 6.92 Å². The predicted molar refractivity (Wildman–Crippen MR) is 162 cm³/mol. The van der Waals surface area contributed by atoms with Crippen LogP contribution in [0.3, 0.4) is 0 Å². The van der Waals surface area contributed by atoms with E-state index in [2.05, 4.69) is 0 Å². The average Bonchev–Trinajstić information content (AvgIpc) is 3.76. The van der Waals surface area contributed by atoms with Crippen LogP contribution in [0.2, 0.25) is 0 Å². The number of rotatable bonds is 9. The van der Waals surface area contributed by atoms with E-state index in [1.807, 2.05) is 0 Å². The SMILES string of the molecule is COC(OC)[C@@H]1OC2(CCCCC2)O[C@H]1[C@H](O[C@@H]1O[C@H](COC(C)=O)[C@@H]2OC3(CCCCC3)O[C@@H]2[C@H]1O)[C@H]1COC2(CCCCC2)O1. The third-order valence-electron chi connectivity index (χ3n) is 11.2. The van der Waals surface area contributed by atoms with Crippen LogP contribution in [0.5, 0.6) is 0 Å². The normalized spacial score (nSPS) is 39.9. The summed E-state index contributed by atoms with van der Waals surface area (Å²) in [5.41, 5.74) is 0. The Morgan fingerprint density at radius 3 is 1.89 bits per heavy atom. The van der Waals surface area contributed by atoms with Crippen LogP contribution in [0, 0.1) is 0 Å². The maximum Gasteiger partial charge on any atom is 0.302 e. The van der Waals surface area contributed by atoms with Crippen molar-refractivity contribution in [1.29, 1.82) is 0 Å². The average molecular weight is 671 g/mol. The summed E-state index contributed by atoms with van der Waals surface area (Å²) in [6.07, 6.45) is 5.91. The number of aliphatic hydroxyl groups excluding tert-OH is 1. The predicted octanol–water partition coefficient (Wildman–Crippen LogP) is 3.60. The van der Waals surface area contributed by atoms with E-state index < -0.39 is 84.7 Å². The number of methoxy groups -OCH3 is 2. The zero-order valence-corrected chi connectivity index (χ0v) is 28.1. The Bertz CT molecular complexity index is 1050. The van der Waals surface area contributed by atoms with Crippen LogP contribution in [0.1, 0.15) is 103 Å². The highest BCUT2D eigenvalue weighted by molar-refractivity contribution is 5.65. The largest absolute Gasteiger partial charge is 0.463 e. The smallest absolute Gasteiger partial charge is 0.302 e. The summed E-state index contributed by atoms with van der Waals surface area (Å²) >= 11 is 0. The Morgan fingerprint density at radius 2 is 1.30 bits per heavy atom. The molecule has 13 nitrogen and oxygen atoms in total. The number of fused-ring (bicyclic) bond motifs is 1. The fourth-order valence-electron chi connectivity index (χ4n) is 8.90. The first-order chi connectivity index (χ1) is 22.8. The lowest BCUT2D eigenvalue weighted by Gasteiger charge is -2.43. The minimum Gasteiger partial charge on any atom is -0.463 e.